The fraction of sp³-hybridized carbons (Fsp3) is 0.533. The molecule has 1 amide bonds. The monoisotopic (exact) mass is 359 g/mol. The number of rotatable bonds is 4. The summed E-state index contributed by atoms with van der Waals surface area (Å²) in [6.07, 6.45) is 0. The zero-order valence-corrected chi connectivity index (χ0v) is 15.2. The molecule has 0 atom stereocenters. The quantitative estimate of drug-likeness (QED) is 0.806. The Bertz CT molecular complexity index is 683. The van der Waals surface area contributed by atoms with E-state index in [4.69, 9.17) is 11.6 Å². The summed E-state index contributed by atoms with van der Waals surface area (Å²) in [6, 6.07) is 4.86. The van der Waals surface area contributed by atoms with Gasteiger partial charge in [-0.05, 0) is 38.7 Å². The number of hydrogen-bond donors (Lipinski definition) is 0. The Morgan fingerprint density at radius 2 is 1.83 bits per heavy atom. The van der Waals surface area contributed by atoms with Crippen LogP contribution in [0.4, 0.5) is 0 Å². The van der Waals surface area contributed by atoms with Crippen molar-refractivity contribution in [2.24, 2.45) is 0 Å². The summed E-state index contributed by atoms with van der Waals surface area (Å²) in [4.78, 5) is 15.8. The molecule has 23 heavy (non-hydrogen) atoms. The second-order valence-electron chi connectivity index (χ2n) is 5.93. The smallest absolute Gasteiger partial charge is 0.243 e. The van der Waals surface area contributed by atoms with E-state index >= 15 is 0 Å². The Hall–Kier alpha value is -1.15. The lowest BCUT2D eigenvalue weighted by molar-refractivity contribution is -0.133. The first-order valence-electron chi connectivity index (χ1n) is 7.40. The Morgan fingerprint density at radius 1 is 1.22 bits per heavy atom. The molecule has 0 unspecified atom stereocenters. The number of sulfonamides is 1. The van der Waals surface area contributed by atoms with Crippen molar-refractivity contribution in [1.82, 2.24) is 14.1 Å². The van der Waals surface area contributed by atoms with Gasteiger partial charge in [0.05, 0.1) is 11.4 Å². The van der Waals surface area contributed by atoms with Crippen LogP contribution in [0.5, 0.6) is 0 Å². The standard InChI is InChI=1S/C15H22ClN3O3S/c1-12-4-5-13(16)10-14(12)23(21,22)19-8-6-18(7-9-19)15(20)11-17(2)3/h4-5,10H,6-9,11H2,1-3H3. The van der Waals surface area contributed by atoms with Crippen molar-refractivity contribution >= 4 is 27.5 Å². The van der Waals surface area contributed by atoms with Crippen molar-refractivity contribution in [3.8, 4) is 0 Å². The average Bonchev–Trinajstić information content (AvgIpc) is 2.49. The van der Waals surface area contributed by atoms with Gasteiger partial charge in [-0.25, -0.2) is 8.42 Å². The molecule has 0 spiro atoms. The van der Waals surface area contributed by atoms with Crippen LogP contribution in [0, 0.1) is 6.92 Å². The maximum atomic E-state index is 12.8. The van der Waals surface area contributed by atoms with E-state index in [1.54, 1.807) is 28.9 Å². The Labute approximate surface area is 142 Å². The van der Waals surface area contributed by atoms with Crippen molar-refractivity contribution in [2.75, 3.05) is 46.8 Å². The molecule has 1 heterocycles. The van der Waals surface area contributed by atoms with Gasteiger partial charge in [0.1, 0.15) is 0 Å². The van der Waals surface area contributed by atoms with E-state index in [1.807, 2.05) is 14.1 Å². The van der Waals surface area contributed by atoms with Gasteiger partial charge in [-0.3, -0.25) is 4.79 Å². The van der Waals surface area contributed by atoms with Gasteiger partial charge in [-0.2, -0.15) is 4.31 Å². The number of carbonyl (C=O) groups is 1. The largest absolute Gasteiger partial charge is 0.339 e. The van der Waals surface area contributed by atoms with Gasteiger partial charge in [-0.15, -0.1) is 0 Å². The average molecular weight is 360 g/mol. The van der Waals surface area contributed by atoms with E-state index in [0.29, 0.717) is 43.3 Å². The van der Waals surface area contributed by atoms with E-state index in [2.05, 4.69) is 0 Å². The Balaban J connectivity index is 2.10. The highest BCUT2D eigenvalue weighted by molar-refractivity contribution is 7.89. The van der Waals surface area contributed by atoms with Crippen LogP contribution in [-0.4, -0.2) is 75.2 Å². The van der Waals surface area contributed by atoms with Crippen molar-refractivity contribution in [2.45, 2.75) is 11.8 Å². The fourth-order valence-corrected chi connectivity index (χ4v) is 4.45. The third kappa shape index (κ3) is 4.23. The molecule has 6 nitrogen and oxygen atoms in total. The molecule has 1 aromatic rings. The number of nitrogens with zero attached hydrogens (tertiary/aromatic N) is 3. The second-order valence-corrected chi connectivity index (χ2v) is 8.28. The van der Waals surface area contributed by atoms with Crippen LogP contribution in [0.15, 0.2) is 23.1 Å². The molecule has 1 aromatic carbocycles. The number of likely N-dealkylation sites (N-methyl/N-ethyl adjacent to an activating group) is 1. The lowest BCUT2D eigenvalue weighted by atomic mass is 10.2. The van der Waals surface area contributed by atoms with Gasteiger partial charge in [0.15, 0.2) is 0 Å². The summed E-state index contributed by atoms with van der Waals surface area (Å²) in [5, 5.41) is 0.397. The van der Waals surface area contributed by atoms with Crippen LogP contribution in [0.1, 0.15) is 5.56 Å². The first-order valence-corrected chi connectivity index (χ1v) is 9.22. The topological polar surface area (TPSA) is 60.9 Å². The molecular weight excluding hydrogens is 338 g/mol. The third-order valence-electron chi connectivity index (χ3n) is 3.81. The van der Waals surface area contributed by atoms with E-state index in [0.717, 1.165) is 0 Å². The van der Waals surface area contributed by atoms with Crippen molar-refractivity contribution < 1.29 is 13.2 Å². The van der Waals surface area contributed by atoms with Crippen molar-refractivity contribution in [3.05, 3.63) is 28.8 Å². The number of halogens is 1. The molecule has 0 radical (unpaired) electrons. The Kier molecular flexibility index (Phi) is 5.67. The molecule has 1 fully saturated rings. The molecule has 0 aliphatic carbocycles. The molecule has 0 N–H and O–H groups in total. The van der Waals surface area contributed by atoms with E-state index in [9.17, 15) is 13.2 Å². The van der Waals surface area contributed by atoms with Crippen LogP contribution in [-0.2, 0) is 14.8 Å². The summed E-state index contributed by atoms with van der Waals surface area (Å²) in [7, 11) is 0.0808. The zero-order valence-electron chi connectivity index (χ0n) is 13.6. The highest BCUT2D eigenvalue weighted by Crippen LogP contribution is 2.24. The summed E-state index contributed by atoms with van der Waals surface area (Å²) in [5.41, 5.74) is 0.667. The third-order valence-corrected chi connectivity index (χ3v) is 6.09. The first-order chi connectivity index (χ1) is 10.7. The van der Waals surface area contributed by atoms with Crippen molar-refractivity contribution in [1.29, 1.82) is 0 Å². The zero-order chi connectivity index (χ0) is 17.2. The number of hydrogen-bond acceptors (Lipinski definition) is 4. The maximum absolute atomic E-state index is 12.8. The van der Waals surface area contributed by atoms with Crippen molar-refractivity contribution in [3.63, 3.8) is 0 Å². The minimum atomic E-state index is -3.59. The highest BCUT2D eigenvalue weighted by atomic mass is 35.5. The molecule has 0 saturated carbocycles. The van der Waals surface area contributed by atoms with Gasteiger partial charge in [0.2, 0.25) is 15.9 Å². The minimum absolute atomic E-state index is 0.0194. The summed E-state index contributed by atoms with van der Waals surface area (Å²) < 4.78 is 27.0. The van der Waals surface area contributed by atoms with E-state index < -0.39 is 10.0 Å². The Morgan fingerprint density at radius 3 is 2.39 bits per heavy atom. The fourth-order valence-electron chi connectivity index (χ4n) is 2.54. The lowest BCUT2D eigenvalue weighted by Crippen LogP contribution is -2.52. The predicted octanol–water partition coefficient (Wildman–Crippen LogP) is 1.04. The molecule has 1 aliphatic rings. The number of aryl methyl sites for hydroxylation is 1. The van der Waals surface area contributed by atoms with E-state index in [1.165, 1.54) is 10.4 Å². The lowest BCUT2D eigenvalue weighted by Gasteiger charge is -2.34. The second kappa shape index (κ2) is 7.17. The summed E-state index contributed by atoms with van der Waals surface area (Å²) in [6.45, 7) is 3.50. The number of amides is 1. The number of carbonyl (C=O) groups excluding carboxylic acids is 1. The van der Waals surface area contributed by atoms with E-state index in [-0.39, 0.29) is 10.8 Å². The van der Waals surface area contributed by atoms with Crippen LogP contribution in [0.2, 0.25) is 5.02 Å². The van der Waals surface area contributed by atoms with Gasteiger partial charge < -0.3 is 9.80 Å². The summed E-state index contributed by atoms with van der Waals surface area (Å²) in [5.74, 6) is 0.0194. The first kappa shape index (κ1) is 18.2. The van der Waals surface area contributed by atoms with Crippen LogP contribution >= 0.6 is 11.6 Å². The van der Waals surface area contributed by atoms with Gasteiger partial charge in [0.25, 0.3) is 0 Å². The number of piperazine rings is 1. The predicted molar refractivity (Wildman–Crippen MR) is 90.1 cm³/mol. The maximum Gasteiger partial charge on any atom is 0.243 e. The molecule has 0 bridgehead atoms. The molecule has 8 heteroatoms. The molecule has 1 aliphatic heterocycles. The van der Waals surface area contributed by atoms with Gasteiger partial charge in [0, 0.05) is 31.2 Å². The summed E-state index contributed by atoms with van der Waals surface area (Å²) >= 11 is 5.93. The van der Waals surface area contributed by atoms with Crippen LogP contribution in [0.25, 0.3) is 0 Å². The molecule has 1 saturated heterocycles. The molecule has 0 aromatic heterocycles. The highest BCUT2D eigenvalue weighted by Gasteiger charge is 2.31. The SMILES string of the molecule is Cc1ccc(Cl)cc1S(=O)(=O)N1CCN(C(=O)CN(C)C)CC1. The molecular formula is C15H22ClN3O3S. The minimum Gasteiger partial charge on any atom is -0.339 e. The van der Waals surface area contributed by atoms with Crippen LogP contribution < -0.4 is 0 Å². The molecule has 128 valence electrons. The molecule has 2 rings (SSSR count). The normalized spacial score (nSPS) is 16.8. The van der Waals surface area contributed by atoms with Crippen LogP contribution in [0.3, 0.4) is 0 Å². The van der Waals surface area contributed by atoms with Gasteiger partial charge in [-0.1, -0.05) is 17.7 Å². The number of benzene rings is 1. The van der Waals surface area contributed by atoms with Gasteiger partial charge >= 0.3 is 0 Å².